The average Bonchev–Trinajstić information content (AvgIpc) is 3.84. The third kappa shape index (κ3) is 5.78. The van der Waals surface area contributed by atoms with Crippen LogP contribution in [0.25, 0.3) is 5.57 Å². The molecule has 46 heavy (non-hydrogen) atoms. The fourth-order valence-corrected chi connectivity index (χ4v) is 9.18. The molecule has 6 heterocycles. The predicted octanol–water partition coefficient (Wildman–Crippen LogP) is 4.79. The lowest BCUT2D eigenvalue weighted by Crippen LogP contribution is -2.51. The Bertz CT molecular complexity index is 1910. The molecule has 3 aliphatic heterocycles. The second-order valence-electron chi connectivity index (χ2n) is 11.1. The summed E-state index contributed by atoms with van der Waals surface area (Å²) >= 11 is 9.18. The Hall–Kier alpha value is -3.19. The van der Waals surface area contributed by atoms with Crippen LogP contribution < -0.4 is 4.72 Å². The summed E-state index contributed by atoms with van der Waals surface area (Å²) in [4.78, 5) is 15.4. The van der Waals surface area contributed by atoms with E-state index < -0.39 is 40.3 Å². The Labute approximate surface area is 274 Å². The molecule has 7 rings (SSSR count). The minimum atomic E-state index is -3.99. The molecule has 0 spiro atoms. The zero-order valence-corrected chi connectivity index (χ0v) is 27.0. The van der Waals surface area contributed by atoms with E-state index in [2.05, 4.69) is 19.8 Å². The van der Waals surface area contributed by atoms with Crippen molar-refractivity contribution in [2.24, 2.45) is 4.99 Å². The number of rotatable bonds is 8. The number of aromatic nitrogens is 4. The second-order valence-corrected chi connectivity index (χ2v) is 15.0. The molecular weight excluding hydrogens is 685 g/mol. The van der Waals surface area contributed by atoms with E-state index in [1.807, 2.05) is 4.90 Å². The maximum atomic E-state index is 14.1. The van der Waals surface area contributed by atoms with Crippen molar-refractivity contribution < 1.29 is 26.7 Å². The van der Waals surface area contributed by atoms with Crippen molar-refractivity contribution in [1.82, 2.24) is 33.7 Å². The van der Waals surface area contributed by atoms with Crippen LogP contribution in [0, 0.1) is 5.82 Å². The molecule has 3 aromatic heterocycles. The van der Waals surface area contributed by atoms with E-state index in [9.17, 15) is 26.7 Å². The van der Waals surface area contributed by atoms with Gasteiger partial charge in [-0.15, -0.1) is 22.7 Å². The topological polar surface area (TPSA) is 129 Å². The molecule has 2 atom stereocenters. The number of aliphatic imine (C=N–C) groups is 1. The van der Waals surface area contributed by atoms with E-state index >= 15 is 0 Å². The number of nitrogens with one attached hydrogen (secondary N) is 1. The van der Waals surface area contributed by atoms with Gasteiger partial charge < -0.3 is 10.0 Å². The first kappa shape index (κ1) is 31.4. The van der Waals surface area contributed by atoms with Crippen LogP contribution in [-0.2, 0) is 15.8 Å². The van der Waals surface area contributed by atoms with Crippen molar-refractivity contribution in [1.29, 1.82) is 0 Å². The number of fused-ring (bicyclic) bond motifs is 1. The number of benzene rings is 1. The highest BCUT2D eigenvalue weighted by Gasteiger charge is 2.44. The Morgan fingerprint density at radius 3 is 2.52 bits per heavy atom. The molecule has 1 aromatic carbocycles. The molecule has 3 aliphatic rings. The lowest BCUT2D eigenvalue weighted by molar-refractivity contribution is -0.0100. The first-order valence-corrected chi connectivity index (χ1v) is 17.8. The fourth-order valence-electron chi connectivity index (χ4n) is 6.08. The smallest absolute Gasteiger partial charge is 0.333 e. The van der Waals surface area contributed by atoms with Gasteiger partial charge in [0.15, 0.2) is 10.8 Å². The van der Waals surface area contributed by atoms with E-state index in [1.165, 1.54) is 45.2 Å². The third-order valence-electron chi connectivity index (χ3n) is 8.26. The van der Waals surface area contributed by atoms with E-state index in [4.69, 9.17) is 16.6 Å². The number of nitrogens with zero attached hydrogens (tertiary/aromatic N) is 7. The van der Waals surface area contributed by atoms with Gasteiger partial charge in [0.25, 0.3) is 10.2 Å². The third-order valence-corrected chi connectivity index (χ3v) is 12.0. The first-order valence-electron chi connectivity index (χ1n) is 14.2. The zero-order chi connectivity index (χ0) is 32.2. The quantitative estimate of drug-likeness (QED) is 0.269. The van der Waals surface area contributed by atoms with Gasteiger partial charge >= 0.3 is 6.55 Å². The van der Waals surface area contributed by atoms with Gasteiger partial charge in [-0.2, -0.15) is 31.3 Å². The van der Waals surface area contributed by atoms with Gasteiger partial charge in [0.1, 0.15) is 22.5 Å². The molecular formula is C28H26ClF3N8O3S3. The number of alkyl halides is 2. The van der Waals surface area contributed by atoms with Crippen molar-refractivity contribution >= 4 is 55.9 Å². The van der Waals surface area contributed by atoms with Crippen molar-refractivity contribution in [3.63, 3.8) is 0 Å². The Balaban J connectivity index is 1.24. The predicted molar refractivity (Wildman–Crippen MR) is 167 cm³/mol. The highest BCUT2D eigenvalue weighted by atomic mass is 35.5. The van der Waals surface area contributed by atoms with Gasteiger partial charge in [-0.05, 0) is 31.0 Å². The lowest BCUT2D eigenvalue weighted by atomic mass is 9.92. The van der Waals surface area contributed by atoms with Crippen LogP contribution in [0.5, 0.6) is 0 Å². The van der Waals surface area contributed by atoms with Crippen LogP contribution in [-0.4, -0.2) is 74.0 Å². The van der Waals surface area contributed by atoms with Crippen molar-refractivity contribution in [2.75, 3.05) is 19.6 Å². The number of amidine groups is 1. The van der Waals surface area contributed by atoms with E-state index in [-0.39, 0.29) is 49.6 Å². The summed E-state index contributed by atoms with van der Waals surface area (Å²) in [5, 5.41) is 19.9. The minimum absolute atomic E-state index is 0.0881. The van der Waals surface area contributed by atoms with Crippen molar-refractivity contribution in [2.45, 2.75) is 43.5 Å². The van der Waals surface area contributed by atoms with E-state index in [1.54, 1.807) is 23.2 Å². The molecule has 0 bridgehead atoms. The highest BCUT2D eigenvalue weighted by Crippen LogP contribution is 2.46. The Kier molecular flexibility index (Phi) is 8.27. The second kappa shape index (κ2) is 12.1. The maximum Gasteiger partial charge on any atom is 0.333 e. The largest absolute Gasteiger partial charge is 0.383 e. The SMILES string of the molecule is O=S(=O)(NC1CC2=C(c3ccn(C(F)F)n3)[C@H](c3ccc(F)cc3Cl)N=C(c3nccs3)N2C1)N1CCC(O)(c2nccs2)CC1. The summed E-state index contributed by atoms with van der Waals surface area (Å²) in [7, 11) is -3.99. The minimum Gasteiger partial charge on any atom is -0.383 e. The van der Waals surface area contributed by atoms with E-state index in [0.717, 1.165) is 12.3 Å². The number of hydrogen-bond acceptors (Lipinski definition) is 10. The van der Waals surface area contributed by atoms with Crippen molar-refractivity contribution in [3.05, 3.63) is 91.4 Å². The molecule has 0 saturated carbocycles. The van der Waals surface area contributed by atoms with Crippen LogP contribution in [0.1, 0.15) is 53.1 Å². The average molecular weight is 711 g/mol. The van der Waals surface area contributed by atoms with Crippen LogP contribution in [0.4, 0.5) is 13.2 Å². The number of piperidine rings is 1. The molecule has 0 aliphatic carbocycles. The summed E-state index contributed by atoms with van der Waals surface area (Å²) in [5.41, 5.74) is 0.492. The van der Waals surface area contributed by atoms with Gasteiger partial charge in [-0.1, -0.05) is 17.7 Å². The molecule has 4 aromatic rings. The molecule has 2 fully saturated rings. The Morgan fingerprint density at radius 1 is 1.11 bits per heavy atom. The molecule has 2 N–H and O–H groups in total. The van der Waals surface area contributed by atoms with Gasteiger partial charge in [-0.25, -0.2) is 19.0 Å². The normalized spacial score (nSPS) is 22.0. The number of halogens is 4. The van der Waals surface area contributed by atoms with Gasteiger partial charge in [-0.3, -0.25) is 4.99 Å². The molecule has 1 unspecified atom stereocenters. The van der Waals surface area contributed by atoms with Crippen LogP contribution in [0.2, 0.25) is 5.02 Å². The molecule has 0 radical (unpaired) electrons. The summed E-state index contributed by atoms with van der Waals surface area (Å²) < 4.78 is 73.3. The fraction of sp³-hybridized carbons (Fsp3) is 0.357. The Morgan fingerprint density at radius 2 is 1.87 bits per heavy atom. The summed E-state index contributed by atoms with van der Waals surface area (Å²) in [5.74, 6) is -0.106. The zero-order valence-electron chi connectivity index (χ0n) is 23.8. The maximum absolute atomic E-state index is 14.1. The van der Waals surface area contributed by atoms with E-state index in [0.29, 0.717) is 37.4 Å². The molecule has 18 heteroatoms. The molecule has 0 amide bonds. The molecule has 2 saturated heterocycles. The summed E-state index contributed by atoms with van der Waals surface area (Å²) in [6.07, 6.45) is 4.94. The number of hydrogen-bond donors (Lipinski definition) is 2. The van der Waals surface area contributed by atoms with Crippen LogP contribution in [0.15, 0.2) is 64.3 Å². The number of aliphatic hydroxyl groups is 1. The van der Waals surface area contributed by atoms with Crippen molar-refractivity contribution in [3.8, 4) is 0 Å². The number of thiazole rings is 2. The summed E-state index contributed by atoms with van der Waals surface area (Å²) in [6, 6.07) is 3.81. The molecule has 242 valence electrons. The van der Waals surface area contributed by atoms with Gasteiger partial charge in [0.2, 0.25) is 0 Å². The highest BCUT2D eigenvalue weighted by molar-refractivity contribution is 7.87. The first-order chi connectivity index (χ1) is 22.0. The lowest BCUT2D eigenvalue weighted by Gasteiger charge is -2.36. The van der Waals surface area contributed by atoms with Gasteiger partial charge in [0.05, 0.1) is 5.69 Å². The summed E-state index contributed by atoms with van der Waals surface area (Å²) in [6.45, 7) is -2.52. The molecule has 11 nitrogen and oxygen atoms in total. The van der Waals surface area contributed by atoms with Crippen LogP contribution in [0.3, 0.4) is 0 Å². The van der Waals surface area contributed by atoms with Gasteiger partial charge in [0, 0.05) is 83.3 Å². The van der Waals surface area contributed by atoms with Crippen LogP contribution >= 0.6 is 34.3 Å². The monoisotopic (exact) mass is 710 g/mol. The standard InChI is InChI=1S/C28H26ClF3N8O3S3/c29-19-13-16(30)1-2-18(19)23-22(20-3-8-40(36-20)27(31)32)21-14-17(15-39(21)24(35-23)25-33-6-11-44-25)37-46(42,43)38-9-4-28(41,5-10-38)26-34-7-12-45-26/h1-3,6-8,11-13,17,23,27,37,41H,4-5,9-10,14-15H2/t17?,23-/m0/s1.